The van der Waals surface area contributed by atoms with Gasteiger partial charge < -0.3 is 9.84 Å². The topological polar surface area (TPSA) is 63.6 Å². The largest absolute Gasteiger partial charge is 0.478 e. The molecule has 1 N–H and O–H groups in total. The fraction of sp³-hybridized carbons (Fsp3) is 0. The summed E-state index contributed by atoms with van der Waals surface area (Å²) in [7, 11) is 0. The molecule has 2 rings (SSSR count). The first-order valence-electron chi connectivity index (χ1n) is 6.42. The molecule has 0 unspecified atom stereocenters. The van der Waals surface area contributed by atoms with Crippen LogP contribution in [0.1, 0.15) is 0 Å². The Kier molecular flexibility index (Phi) is 6.86. The summed E-state index contributed by atoms with van der Waals surface area (Å²) >= 11 is 0. The lowest BCUT2D eigenvalue weighted by Gasteiger charge is -2.08. The third-order valence-electron chi connectivity index (χ3n) is 2.52. The molecule has 0 amide bonds. The van der Waals surface area contributed by atoms with E-state index >= 15 is 0 Å². The minimum atomic E-state index is -0.981. The number of carboxylic acid groups (broad SMARTS) is 1. The number of hydrogen-bond donors (Lipinski definition) is 1. The van der Waals surface area contributed by atoms with Gasteiger partial charge in [-0.25, -0.2) is 9.59 Å². The number of carbonyl (C=O) groups is 2. The Bertz CT molecular complexity index is 660. The van der Waals surface area contributed by atoms with E-state index in [1.807, 2.05) is 48.5 Å². The second-order valence-electron chi connectivity index (χ2n) is 4.03. The van der Waals surface area contributed by atoms with E-state index in [1.165, 1.54) is 0 Å². The zero-order chi connectivity index (χ0) is 16.4. The van der Waals surface area contributed by atoms with E-state index < -0.39 is 11.9 Å². The van der Waals surface area contributed by atoms with E-state index in [4.69, 9.17) is 9.84 Å². The van der Waals surface area contributed by atoms with Crippen molar-refractivity contribution in [2.24, 2.45) is 0 Å². The highest BCUT2D eigenvalue weighted by atomic mass is 16.5. The number of esters is 1. The van der Waals surface area contributed by atoms with Crippen LogP contribution in [-0.2, 0) is 9.59 Å². The van der Waals surface area contributed by atoms with Crippen LogP contribution < -0.4 is 4.74 Å². The molecular formula is C18H16O4. The standard InChI is InChI=1S/C15H12O2.C3H4O2/c1-2-15(16)17-14-11-7-6-10-13(14)12-8-4-3-5-9-12;1-2-3(4)5/h2-11H,1H2;2H,1H2,(H,4,5). The maximum atomic E-state index is 11.2. The molecule has 0 aromatic heterocycles. The van der Waals surface area contributed by atoms with Crippen molar-refractivity contribution in [3.05, 3.63) is 79.9 Å². The summed E-state index contributed by atoms with van der Waals surface area (Å²) in [5.41, 5.74) is 1.91. The average Bonchev–Trinajstić information content (AvgIpc) is 2.56. The monoisotopic (exact) mass is 296 g/mol. The molecule has 4 nitrogen and oxygen atoms in total. The van der Waals surface area contributed by atoms with Crippen molar-refractivity contribution in [3.8, 4) is 16.9 Å². The van der Waals surface area contributed by atoms with E-state index in [0.717, 1.165) is 23.3 Å². The Labute approximate surface area is 129 Å². The van der Waals surface area contributed by atoms with Crippen LogP contribution in [0.25, 0.3) is 11.1 Å². The van der Waals surface area contributed by atoms with Crippen LogP contribution in [0.4, 0.5) is 0 Å². The number of carbonyl (C=O) groups excluding carboxylic acids is 1. The summed E-state index contributed by atoms with van der Waals surface area (Å²) in [6.07, 6.45) is 1.99. The smallest absolute Gasteiger partial charge is 0.335 e. The zero-order valence-corrected chi connectivity index (χ0v) is 11.9. The fourth-order valence-corrected chi connectivity index (χ4v) is 1.56. The van der Waals surface area contributed by atoms with Gasteiger partial charge in [0.1, 0.15) is 5.75 Å². The van der Waals surface area contributed by atoms with E-state index in [9.17, 15) is 9.59 Å². The highest BCUT2D eigenvalue weighted by Crippen LogP contribution is 2.29. The lowest BCUT2D eigenvalue weighted by molar-refractivity contribution is -0.131. The molecule has 2 aromatic rings. The predicted molar refractivity (Wildman–Crippen MR) is 85.5 cm³/mol. The van der Waals surface area contributed by atoms with Gasteiger partial charge in [-0.15, -0.1) is 0 Å². The van der Waals surface area contributed by atoms with Crippen LogP contribution in [0.5, 0.6) is 5.75 Å². The Balaban J connectivity index is 0.000000422. The molecule has 4 heteroatoms. The van der Waals surface area contributed by atoms with E-state index in [0.29, 0.717) is 5.75 Å². The SMILES string of the molecule is C=CC(=O)O.C=CC(=O)Oc1ccccc1-c1ccccc1. The van der Waals surface area contributed by atoms with Crippen molar-refractivity contribution in [2.45, 2.75) is 0 Å². The van der Waals surface area contributed by atoms with Gasteiger partial charge in [0.25, 0.3) is 0 Å². The number of hydrogen-bond acceptors (Lipinski definition) is 3. The van der Waals surface area contributed by atoms with Crippen LogP contribution in [0.3, 0.4) is 0 Å². The van der Waals surface area contributed by atoms with Crippen molar-refractivity contribution < 1.29 is 19.4 Å². The maximum absolute atomic E-state index is 11.2. The van der Waals surface area contributed by atoms with Gasteiger partial charge in [0, 0.05) is 17.7 Å². The van der Waals surface area contributed by atoms with Crippen molar-refractivity contribution >= 4 is 11.9 Å². The molecule has 0 bridgehead atoms. The van der Waals surface area contributed by atoms with E-state index in [-0.39, 0.29) is 0 Å². The molecule has 0 heterocycles. The van der Waals surface area contributed by atoms with Gasteiger partial charge in [0.15, 0.2) is 0 Å². The Morgan fingerprint density at radius 3 is 2.00 bits per heavy atom. The van der Waals surface area contributed by atoms with Crippen molar-refractivity contribution in [1.29, 1.82) is 0 Å². The number of rotatable bonds is 4. The molecule has 0 atom stereocenters. The first-order valence-corrected chi connectivity index (χ1v) is 6.42. The molecule has 22 heavy (non-hydrogen) atoms. The summed E-state index contributed by atoms with van der Waals surface area (Å²) in [5, 5.41) is 7.60. The van der Waals surface area contributed by atoms with Crippen LogP contribution >= 0.6 is 0 Å². The normalized spacial score (nSPS) is 8.91. The summed E-state index contributed by atoms with van der Waals surface area (Å²) in [6, 6.07) is 17.2. The molecule has 0 aliphatic heterocycles. The highest BCUT2D eigenvalue weighted by Gasteiger charge is 2.07. The van der Waals surface area contributed by atoms with Gasteiger partial charge in [-0.3, -0.25) is 0 Å². The second kappa shape index (κ2) is 8.92. The fourth-order valence-electron chi connectivity index (χ4n) is 1.56. The third-order valence-corrected chi connectivity index (χ3v) is 2.52. The van der Waals surface area contributed by atoms with E-state index in [2.05, 4.69) is 13.2 Å². The predicted octanol–water partition coefficient (Wildman–Crippen LogP) is 3.70. The number of benzene rings is 2. The van der Waals surface area contributed by atoms with Crippen LogP contribution in [0, 0.1) is 0 Å². The summed E-state index contributed by atoms with van der Waals surface area (Å²) < 4.78 is 5.19. The van der Waals surface area contributed by atoms with Gasteiger partial charge in [-0.1, -0.05) is 61.7 Å². The minimum Gasteiger partial charge on any atom is -0.478 e. The molecule has 0 spiro atoms. The van der Waals surface area contributed by atoms with Gasteiger partial charge in [-0.2, -0.15) is 0 Å². The molecule has 0 radical (unpaired) electrons. The van der Waals surface area contributed by atoms with Crippen molar-refractivity contribution in [1.82, 2.24) is 0 Å². The van der Waals surface area contributed by atoms with Crippen LogP contribution in [-0.4, -0.2) is 17.0 Å². The zero-order valence-electron chi connectivity index (χ0n) is 11.9. The molecule has 0 saturated carbocycles. The third kappa shape index (κ3) is 5.46. The number of ether oxygens (including phenoxy) is 1. The molecule has 2 aromatic carbocycles. The van der Waals surface area contributed by atoms with Gasteiger partial charge >= 0.3 is 11.9 Å². The Morgan fingerprint density at radius 1 is 0.909 bits per heavy atom. The molecule has 0 aliphatic rings. The average molecular weight is 296 g/mol. The van der Waals surface area contributed by atoms with Crippen LogP contribution in [0.15, 0.2) is 79.9 Å². The van der Waals surface area contributed by atoms with Crippen LogP contribution in [0.2, 0.25) is 0 Å². The Morgan fingerprint density at radius 2 is 1.45 bits per heavy atom. The summed E-state index contributed by atoms with van der Waals surface area (Å²) in [6.45, 7) is 6.35. The van der Waals surface area contributed by atoms with Crippen molar-refractivity contribution in [2.75, 3.05) is 0 Å². The molecule has 0 saturated heterocycles. The summed E-state index contributed by atoms with van der Waals surface area (Å²) in [5.74, 6) is -0.887. The van der Waals surface area contributed by atoms with Gasteiger partial charge in [0.05, 0.1) is 0 Å². The molecular weight excluding hydrogens is 280 g/mol. The first kappa shape index (κ1) is 16.9. The number of aliphatic carboxylic acids is 1. The lowest BCUT2D eigenvalue weighted by Crippen LogP contribution is -2.03. The number of carboxylic acids is 1. The highest BCUT2D eigenvalue weighted by molar-refractivity contribution is 5.85. The first-order chi connectivity index (χ1) is 10.6. The molecule has 112 valence electrons. The summed E-state index contributed by atoms with van der Waals surface area (Å²) in [4.78, 5) is 20.5. The second-order valence-corrected chi connectivity index (χ2v) is 4.03. The quantitative estimate of drug-likeness (QED) is 0.531. The van der Waals surface area contributed by atoms with Crippen molar-refractivity contribution in [3.63, 3.8) is 0 Å². The van der Waals surface area contributed by atoms with E-state index in [1.54, 1.807) is 6.07 Å². The molecule has 0 aliphatic carbocycles. The maximum Gasteiger partial charge on any atom is 0.335 e. The molecule has 0 fully saturated rings. The minimum absolute atomic E-state index is 0.451. The van der Waals surface area contributed by atoms with Gasteiger partial charge in [0.2, 0.25) is 0 Å². The Hall–Kier alpha value is -3.14. The number of para-hydroxylation sites is 1. The lowest BCUT2D eigenvalue weighted by atomic mass is 10.1. The van der Waals surface area contributed by atoms with Gasteiger partial charge in [-0.05, 0) is 11.6 Å².